The summed E-state index contributed by atoms with van der Waals surface area (Å²) in [6, 6.07) is 0. The van der Waals surface area contributed by atoms with Crippen molar-refractivity contribution < 1.29 is 4.79 Å². The summed E-state index contributed by atoms with van der Waals surface area (Å²) in [7, 11) is 0. The number of carbonyl (C=O) groups excluding carboxylic acids is 1. The van der Waals surface area contributed by atoms with Crippen molar-refractivity contribution in [2.75, 3.05) is 0 Å². The van der Waals surface area contributed by atoms with Crippen LogP contribution in [-0.2, 0) is 4.79 Å². The van der Waals surface area contributed by atoms with Gasteiger partial charge in [-0.1, -0.05) is 34.1 Å². The van der Waals surface area contributed by atoms with Gasteiger partial charge in [0, 0.05) is 11.3 Å². The molecule has 3 aliphatic carbocycles. The highest BCUT2D eigenvalue weighted by Crippen LogP contribution is 2.78. The molecule has 0 aliphatic heterocycles. The molecule has 1 unspecified atom stereocenters. The highest BCUT2D eigenvalue weighted by Gasteiger charge is 2.75. The second-order valence-corrected chi connectivity index (χ2v) is 7.10. The van der Waals surface area contributed by atoms with E-state index in [0.717, 1.165) is 12.3 Å². The fourth-order valence-corrected chi connectivity index (χ4v) is 6.19. The predicted octanol–water partition coefficient (Wildman–Crippen LogP) is 3.82. The summed E-state index contributed by atoms with van der Waals surface area (Å²) in [6.07, 6.45) is 6.34. The molecule has 0 aromatic heterocycles. The molecule has 0 aromatic carbocycles. The van der Waals surface area contributed by atoms with E-state index >= 15 is 0 Å². The van der Waals surface area contributed by atoms with Gasteiger partial charge >= 0.3 is 0 Å². The third-order valence-electron chi connectivity index (χ3n) is 7.08. The van der Waals surface area contributed by atoms with Crippen LogP contribution < -0.4 is 0 Å². The Morgan fingerprint density at radius 1 is 1.12 bits per heavy atom. The number of rotatable bonds is 0. The molecule has 0 bridgehead atoms. The molecule has 0 aromatic rings. The zero-order valence-electron chi connectivity index (χ0n) is 11.1. The molecule has 0 heterocycles. The molecule has 16 heavy (non-hydrogen) atoms. The Balaban J connectivity index is 2.24. The van der Waals surface area contributed by atoms with Crippen LogP contribution in [-0.4, -0.2) is 5.78 Å². The van der Waals surface area contributed by atoms with Crippen molar-refractivity contribution in [3.63, 3.8) is 0 Å². The Hall–Kier alpha value is -0.330. The van der Waals surface area contributed by atoms with Crippen LogP contribution in [0.5, 0.6) is 0 Å². The summed E-state index contributed by atoms with van der Waals surface area (Å²) in [5.74, 6) is 1.63. The van der Waals surface area contributed by atoms with Crippen LogP contribution in [0.1, 0.15) is 59.8 Å². The van der Waals surface area contributed by atoms with Crippen LogP contribution in [0.15, 0.2) is 0 Å². The highest BCUT2D eigenvalue weighted by molar-refractivity contribution is 5.92. The van der Waals surface area contributed by atoms with E-state index in [9.17, 15) is 4.79 Å². The Morgan fingerprint density at radius 3 is 2.50 bits per heavy atom. The molecule has 0 radical (unpaired) electrons. The van der Waals surface area contributed by atoms with E-state index in [0.29, 0.717) is 22.5 Å². The Bertz CT molecular complexity index is 360. The smallest absolute Gasteiger partial charge is 0.142 e. The minimum Gasteiger partial charge on any atom is -0.299 e. The van der Waals surface area contributed by atoms with Gasteiger partial charge in [0.05, 0.1) is 0 Å². The maximum atomic E-state index is 12.7. The molecule has 0 saturated heterocycles. The van der Waals surface area contributed by atoms with Gasteiger partial charge in [-0.05, 0) is 42.4 Å². The fraction of sp³-hybridized carbons (Fsp3) is 0.933. The van der Waals surface area contributed by atoms with Gasteiger partial charge in [-0.2, -0.15) is 0 Å². The largest absolute Gasteiger partial charge is 0.299 e. The van der Waals surface area contributed by atoms with Crippen molar-refractivity contribution >= 4 is 5.78 Å². The van der Waals surface area contributed by atoms with E-state index in [1.165, 1.54) is 25.7 Å². The molecule has 5 atom stereocenters. The quantitative estimate of drug-likeness (QED) is 0.606. The first-order valence-corrected chi connectivity index (χ1v) is 6.94. The molecule has 1 nitrogen and oxygen atoms in total. The Kier molecular flexibility index (Phi) is 1.85. The fourth-order valence-electron chi connectivity index (χ4n) is 6.19. The maximum Gasteiger partial charge on any atom is 0.142 e. The molecular formula is C15H24O. The minimum atomic E-state index is 0.0110. The normalized spacial score (nSPS) is 60.1. The van der Waals surface area contributed by atoms with E-state index in [1.54, 1.807) is 0 Å². The molecule has 1 heteroatoms. The molecule has 3 aliphatic rings. The molecular weight excluding hydrogens is 196 g/mol. The van der Waals surface area contributed by atoms with Crippen LogP contribution >= 0.6 is 0 Å². The number of Topliss-reactive ketones (excluding diaryl/α,β-unsaturated/α-hetero) is 1. The Morgan fingerprint density at radius 2 is 1.81 bits per heavy atom. The van der Waals surface area contributed by atoms with Gasteiger partial charge in [-0.25, -0.2) is 0 Å². The first-order valence-electron chi connectivity index (χ1n) is 6.94. The average Bonchev–Trinajstić information content (AvgIpc) is 2.77. The second kappa shape index (κ2) is 2.73. The lowest BCUT2D eigenvalue weighted by atomic mass is 9.56. The molecule has 3 saturated carbocycles. The van der Waals surface area contributed by atoms with E-state index < -0.39 is 0 Å². The third kappa shape index (κ3) is 0.762. The molecule has 90 valence electrons. The third-order valence-corrected chi connectivity index (χ3v) is 7.08. The van der Waals surface area contributed by atoms with Crippen molar-refractivity contribution in [3.8, 4) is 0 Å². The van der Waals surface area contributed by atoms with Crippen molar-refractivity contribution in [3.05, 3.63) is 0 Å². The topological polar surface area (TPSA) is 17.1 Å². The lowest BCUT2D eigenvalue weighted by molar-refractivity contribution is -0.130. The van der Waals surface area contributed by atoms with Crippen molar-refractivity contribution in [1.82, 2.24) is 0 Å². The minimum absolute atomic E-state index is 0.0110. The second-order valence-electron chi connectivity index (χ2n) is 7.10. The summed E-state index contributed by atoms with van der Waals surface area (Å²) in [5, 5.41) is 0. The van der Waals surface area contributed by atoms with Crippen LogP contribution in [0.3, 0.4) is 0 Å². The lowest BCUT2D eigenvalue weighted by Gasteiger charge is -2.46. The summed E-state index contributed by atoms with van der Waals surface area (Å²) in [5.41, 5.74) is 0.655. The first-order chi connectivity index (χ1) is 7.40. The summed E-state index contributed by atoms with van der Waals surface area (Å²) >= 11 is 0. The van der Waals surface area contributed by atoms with Gasteiger partial charge in [0.1, 0.15) is 5.78 Å². The van der Waals surface area contributed by atoms with E-state index in [1.807, 2.05) is 0 Å². The van der Waals surface area contributed by atoms with E-state index in [2.05, 4.69) is 27.7 Å². The molecule has 1 spiro atoms. The summed E-state index contributed by atoms with van der Waals surface area (Å²) in [4.78, 5) is 12.7. The van der Waals surface area contributed by atoms with Crippen LogP contribution in [0.2, 0.25) is 0 Å². The predicted molar refractivity (Wildman–Crippen MR) is 65.1 cm³/mol. The summed E-state index contributed by atoms with van der Waals surface area (Å²) < 4.78 is 0. The van der Waals surface area contributed by atoms with Crippen molar-refractivity contribution in [1.29, 1.82) is 0 Å². The number of carbonyl (C=O) groups is 1. The number of hydrogen-bond donors (Lipinski definition) is 0. The van der Waals surface area contributed by atoms with Gasteiger partial charge in [0.25, 0.3) is 0 Å². The Labute approximate surface area is 99.0 Å². The summed E-state index contributed by atoms with van der Waals surface area (Å²) in [6.45, 7) is 9.30. The average molecular weight is 220 g/mol. The first kappa shape index (κ1) is 10.8. The van der Waals surface area contributed by atoms with Crippen molar-refractivity contribution in [2.45, 2.75) is 59.8 Å². The maximum absolute atomic E-state index is 12.7. The van der Waals surface area contributed by atoms with Gasteiger partial charge in [-0.15, -0.1) is 0 Å². The van der Waals surface area contributed by atoms with E-state index in [4.69, 9.17) is 0 Å². The SMILES string of the molecule is CC1C(=O)[C@]2(C)CCC[C@]23[C@H](C)CC[C@@]13C. The molecule has 0 amide bonds. The van der Waals surface area contributed by atoms with Gasteiger partial charge in [0.15, 0.2) is 0 Å². The number of hydrogen-bond acceptors (Lipinski definition) is 1. The molecule has 3 rings (SSSR count). The van der Waals surface area contributed by atoms with E-state index in [-0.39, 0.29) is 5.41 Å². The standard InChI is InChI=1S/C15H24O/c1-10-6-9-13(3)11(2)12(16)14(4)7-5-8-15(10,13)14/h10-11H,5-9H2,1-4H3/t10-,11?,13+,14+,15-/m1/s1. The van der Waals surface area contributed by atoms with Gasteiger partial charge in [-0.3, -0.25) is 4.79 Å². The molecule has 0 N–H and O–H groups in total. The lowest BCUT2D eigenvalue weighted by Crippen LogP contribution is -2.43. The number of ketones is 1. The zero-order chi connectivity index (χ0) is 11.8. The van der Waals surface area contributed by atoms with Crippen LogP contribution in [0.25, 0.3) is 0 Å². The molecule has 3 fully saturated rings. The van der Waals surface area contributed by atoms with Crippen LogP contribution in [0.4, 0.5) is 0 Å². The van der Waals surface area contributed by atoms with Gasteiger partial charge in [0.2, 0.25) is 0 Å². The monoisotopic (exact) mass is 220 g/mol. The zero-order valence-corrected chi connectivity index (χ0v) is 11.1. The van der Waals surface area contributed by atoms with Crippen molar-refractivity contribution in [2.24, 2.45) is 28.1 Å². The highest BCUT2D eigenvalue weighted by atomic mass is 16.1. The van der Waals surface area contributed by atoms with Gasteiger partial charge < -0.3 is 0 Å². The van der Waals surface area contributed by atoms with Crippen LogP contribution in [0, 0.1) is 28.1 Å².